The number of hydrogen-bond acceptors (Lipinski definition) is 2. The summed E-state index contributed by atoms with van der Waals surface area (Å²) >= 11 is 1.83. The first-order chi connectivity index (χ1) is 4.39. The lowest BCUT2D eigenvalue weighted by atomic mass is 10.2. The molecule has 0 bridgehead atoms. The predicted octanol–water partition coefficient (Wildman–Crippen LogP) is 2.39. The minimum Gasteiger partial charge on any atom is -0.498 e. The van der Waals surface area contributed by atoms with Crippen molar-refractivity contribution in [2.45, 2.75) is 25.9 Å². The van der Waals surface area contributed by atoms with Crippen LogP contribution in [0.5, 0.6) is 0 Å². The summed E-state index contributed by atoms with van der Waals surface area (Å²) in [7, 11) is 0. The molecule has 0 N–H and O–H groups in total. The van der Waals surface area contributed by atoms with Gasteiger partial charge in [-0.05, 0) is 25.5 Å². The standard InChI is InChI=1S/C7H12OS/c1-7-3-2-5-9-6-4-8-7/h4,6-7H,2-3,5H2,1H3. The lowest BCUT2D eigenvalue weighted by molar-refractivity contribution is 0.152. The molecule has 2 heteroatoms. The van der Waals surface area contributed by atoms with Gasteiger partial charge in [-0.15, -0.1) is 11.8 Å². The first-order valence-electron chi connectivity index (χ1n) is 3.31. The van der Waals surface area contributed by atoms with E-state index in [9.17, 15) is 0 Å². The largest absolute Gasteiger partial charge is 0.498 e. The van der Waals surface area contributed by atoms with Gasteiger partial charge in [-0.25, -0.2) is 0 Å². The Hall–Kier alpha value is -0.110. The molecule has 52 valence electrons. The van der Waals surface area contributed by atoms with Crippen LogP contribution in [-0.4, -0.2) is 11.9 Å². The van der Waals surface area contributed by atoms with E-state index < -0.39 is 0 Å². The summed E-state index contributed by atoms with van der Waals surface area (Å²) in [6.45, 7) is 2.11. The third-order valence-corrected chi connectivity index (χ3v) is 2.16. The van der Waals surface area contributed by atoms with E-state index in [4.69, 9.17) is 4.74 Å². The van der Waals surface area contributed by atoms with E-state index in [-0.39, 0.29) is 0 Å². The fourth-order valence-corrected chi connectivity index (χ4v) is 1.41. The average molecular weight is 144 g/mol. The normalized spacial score (nSPS) is 28.3. The van der Waals surface area contributed by atoms with Crippen LogP contribution < -0.4 is 0 Å². The van der Waals surface area contributed by atoms with Crippen LogP contribution in [0.4, 0.5) is 0 Å². The van der Waals surface area contributed by atoms with Crippen molar-refractivity contribution in [2.24, 2.45) is 0 Å². The van der Waals surface area contributed by atoms with Gasteiger partial charge < -0.3 is 4.74 Å². The quantitative estimate of drug-likeness (QED) is 0.516. The SMILES string of the molecule is CC1CCCSC=CO1. The molecule has 0 aromatic heterocycles. The van der Waals surface area contributed by atoms with Crippen molar-refractivity contribution in [3.63, 3.8) is 0 Å². The Morgan fingerprint density at radius 2 is 2.56 bits per heavy atom. The number of thioether (sulfide) groups is 1. The summed E-state index contributed by atoms with van der Waals surface area (Å²) in [5.74, 6) is 1.24. The first kappa shape index (κ1) is 7.00. The van der Waals surface area contributed by atoms with Gasteiger partial charge in [-0.3, -0.25) is 0 Å². The van der Waals surface area contributed by atoms with Crippen molar-refractivity contribution in [2.75, 3.05) is 5.75 Å². The van der Waals surface area contributed by atoms with E-state index in [1.807, 2.05) is 17.2 Å². The zero-order valence-corrected chi connectivity index (χ0v) is 6.49. The van der Waals surface area contributed by atoms with Crippen molar-refractivity contribution in [1.82, 2.24) is 0 Å². The molecule has 1 rings (SSSR count). The summed E-state index contributed by atoms with van der Waals surface area (Å²) in [5.41, 5.74) is 0. The Morgan fingerprint density at radius 1 is 1.67 bits per heavy atom. The molecule has 1 heterocycles. The second-order valence-electron chi connectivity index (χ2n) is 2.23. The molecule has 0 aromatic rings. The van der Waals surface area contributed by atoms with Crippen LogP contribution in [0.25, 0.3) is 0 Å². The third kappa shape index (κ3) is 2.80. The van der Waals surface area contributed by atoms with Crippen molar-refractivity contribution in [3.05, 3.63) is 11.7 Å². The molecular weight excluding hydrogens is 132 g/mol. The lowest BCUT2D eigenvalue weighted by Gasteiger charge is -2.12. The van der Waals surface area contributed by atoms with Crippen LogP contribution >= 0.6 is 11.8 Å². The maximum absolute atomic E-state index is 5.28. The van der Waals surface area contributed by atoms with Crippen LogP contribution in [-0.2, 0) is 4.74 Å². The van der Waals surface area contributed by atoms with Crippen molar-refractivity contribution >= 4 is 11.8 Å². The minimum atomic E-state index is 0.419. The summed E-state index contributed by atoms with van der Waals surface area (Å²) in [4.78, 5) is 0. The van der Waals surface area contributed by atoms with Gasteiger partial charge in [0.2, 0.25) is 0 Å². The Kier molecular flexibility index (Phi) is 2.98. The molecule has 1 nitrogen and oxygen atoms in total. The van der Waals surface area contributed by atoms with Crippen LogP contribution in [0.1, 0.15) is 19.8 Å². The average Bonchev–Trinajstić information content (AvgIpc) is 1.79. The molecular formula is C7H12OS. The molecule has 0 spiro atoms. The predicted molar refractivity (Wildman–Crippen MR) is 41.4 cm³/mol. The van der Waals surface area contributed by atoms with Gasteiger partial charge in [0.05, 0.1) is 12.4 Å². The summed E-state index contributed by atoms with van der Waals surface area (Å²) < 4.78 is 5.28. The molecule has 0 radical (unpaired) electrons. The van der Waals surface area contributed by atoms with Crippen molar-refractivity contribution in [3.8, 4) is 0 Å². The second-order valence-corrected chi connectivity index (χ2v) is 3.25. The fourth-order valence-electron chi connectivity index (χ4n) is 0.796. The summed E-state index contributed by atoms with van der Waals surface area (Å²) in [6, 6.07) is 0. The number of ether oxygens (including phenoxy) is 1. The van der Waals surface area contributed by atoms with Gasteiger partial charge in [0.15, 0.2) is 0 Å². The molecule has 9 heavy (non-hydrogen) atoms. The van der Waals surface area contributed by atoms with E-state index in [2.05, 4.69) is 6.92 Å². The smallest absolute Gasteiger partial charge is 0.0951 e. The minimum absolute atomic E-state index is 0.419. The van der Waals surface area contributed by atoms with Gasteiger partial charge in [-0.1, -0.05) is 0 Å². The van der Waals surface area contributed by atoms with E-state index >= 15 is 0 Å². The summed E-state index contributed by atoms with van der Waals surface area (Å²) in [6.07, 6.45) is 4.68. The molecule has 0 fully saturated rings. The molecule has 0 saturated heterocycles. The molecule has 0 aliphatic carbocycles. The van der Waals surface area contributed by atoms with Gasteiger partial charge in [0.1, 0.15) is 0 Å². The summed E-state index contributed by atoms with van der Waals surface area (Å²) in [5, 5.41) is 2.02. The van der Waals surface area contributed by atoms with Gasteiger partial charge in [0.25, 0.3) is 0 Å². The maximum Gasteiger partial charge on any atom is 0.0951 e. The van der Waals surface area contributed by atoms with Crippen LogP contribution in [0.3, 0.4) is 0 Å². The Morgan fingerprint density at radius 3 is 3.44 bits per heavy atom. The van der Waals surface area contributed by atoms with Crippen molar-refractivity contribution in [1.29, 1.82) is 0 Å². The highest BCUT2D eigenvalue weighted by molar-refractivity contribution is 8.02. The molecule has 1 unspecified atom stereocenters. The third-order valence-electron chi connectivity index (χ3n) is 1.34. The monoisotopic (exact) mass is 144 g/mol. The van der Waals surface area contributed by atoms with Gasteiger partial charge in [0, 0.05) is 5.41 Å². The molecule has 1 aliphatic rings. The van der Waals surface area contributed by atoms with Crippen LogP contribution in [0, 0.1) is 0 Å². The number of hydrogen-bond donors (Lipinski definition) is 0. The van der Waals surface area contributed by atoms with E-state index in [1.54, 1.807) is 6.26 Å². The highest BCUT2D eigenvalue weighted by Gasteiger charge is 2.01. The second kappa shape index (κ2) is 3.83. The van der Waals surface area contributed by atoms with E-state index in [0.717, 1.165) is 0 Å². The Labute approximate surface area is 60.5 Å². The van der Waals surface area contributed by atoms with E-state index in [0.29, 0.717) is 6.10 Å². The molecule has 1 atom stereocenters. The van der Waals surface area contributed by atoms with Gasteiger partial charge >= 0.3 is 0 Å². The van der Waals surface area contributed by atoms with Crippen LogP contribution in [0.2, 0.25) is 0 Å². The maximum atomic E-state index is 5.28. The lowest BCUT2D eigenvalue weighted by Crippen LogP contribution is -2.05. The van der Waals surface area contributed by atoms with Gasteiger partial charge in [-0.2, -0.15) is 0 Å². The highest BCUT2D eigenvalue weighted by atomic mass is 32.2. The topological polar surface area (TPSA) is 9.23 Å². The fraction of sp³-hybridized carbons (Fsp3) is 0.714. The Balaban J connectivity index is 2.28. The highest BCUT2D eigenvalue weighted by Crippen LogP contribution is 2.13. The van der Waals surface area contributed by atoms with Crippen LogP contribution in [0.15, 0.2) is 11.7 Å². The molecule has 0 aromatic carbocycles. The molecule has 1 aliphatic heterocycles. The molecule has 0 saturated carbocycles. The zero-order valence-electron chi connectivity index (χ0n) is 5.67. The molecule has 0 amide bonds. The number of rotatable bonds is 0. The zero-order chi connectivity index (χ0) is 6.53. The Bertz CT molecular complexity index is 101. The first-order valence-corrected chi connectivity index (χ1v) is 4.36. The van der Waals surface area contributed by atoms with Crippen molar-refractivity contribution < 1.29 is 4.74 Å². The van der Waals surface area contributed by atoms with E-state index in [1.165, 1.54) is 18.6 Å².